The predicted molar refractivity (Wildman–Crippen MR) is 147 cm³/mol. The van der Waals surface area contributed by atoms with E-state index in [1.54, 1.807) is 61.7 Å². The van der Waals surface area contributed by atoms with Gasteiger partial charge in [0.25, 0.3) is 17.7 Å². The van der Waals surface area contributed by atoms with Gasteiger partial charge in [-0.15, -0.1) is 5.11 Å². The standard InChI is InChI=1S/C30H26N4O5/c1-3-4-15-34-29(37)23-14-11-20(17-24(23)30(34)38)32-33-26-22-8-6-5-7-18(22)16-25(27(26)35)28(36)31-19-9-12-21(39-2)13-10-19/h5-14,16-17,35H,3-4,15H2,1-2H3,(H,31,36). The maximum absolute atomic E-state index is 13.1. The second-order valence-corrected chi connectivity index (χ2v) is 9.07. The second kappa shape index (κ2) is 10.7. The molecule has 5 rings (SSSR count). The van der Waals surface area contributed by atoms with Gasteiger partial charge >= 0.3 is 0 Å². The van der Waals surface area contributed by atoms with Crippen molar-refractivity contribution in [1.29, 1.82) is 0 Å². The van der Waals surface area contributed by atoms with Crippen LogP contribution in [0.5, 0.6) is 11.5 Å². The lowest BCUT2D eigenvalue weighted by Gasteiger charge is -2.12. The van der Waals surface area contributed by atoms with Crippen LogP contribution in [0.25, 0.3) is 10.8 Å². The van der Waals surface area contributed by atoms with Crippen LogP contribution in [0.4, 0.5) is 17.1 Å². The van der Waals surface area contributed by atoms with Crippen molar-refractivity contribution in [3.63, 3.8) is 0 Å². The molecule has 2 N–H and O–H groups in total. The lowest BCUT2D eigenvalue weighted by Crippen LogP contribution is -2.30. The largest absolute Gasteiger partial charge is 0.505 e. The van der Waals surface area contributed by atoms with E-state index in [2.05, 4.69) is 15.5 Å². The van der Waals surface area contributed by atoms with Crippen LogP contribution >= 0.6 is 0 Å². The number of hydrogen-bond acceptors (Lipinski definition) is 7. The lowest BCUT2D eigenvalue weighted by atomic mass is 10.0. The quantitative estimate of drug-likeness (QED) is 0.199. The fourth-order valence-electron chi connectivity index (χ4n) is 4.43. The zero-order valence-electron chi connectivity index (χ0n) is 21.5. The normalized spacial score (nSPS) is 12.8. The van der Waals surface area contributed by atoms with E-state index in [9.17, 15) is 19.5 Å². The van der Waals surface area contributed by atoms with Crippen molar-refractivity contribution < 1.29 is 24.2 Å². The van der Waals surface area contributed by atoms with Crippen molar-refractivity contribution in [3.8, 4) is 11.5 Å². The highest BCUT2D eigenvalue weighted by atomic mass is 16.5. The highest BCUT2D eigenvalue weighted by Crippen LogP contribution is 2.40. The summed E-state index contributed by atoms with van der Waals surface area (Å²) in [4.78, 5) is 39.8. The van der Waals surface area contributed by atoms with Crippen LogP contribution in [0.3, 0.4) is 0 Å². The van der Waals surface area contributed by atoms with Gasteiger partial charge in [0.05, 0.1) is 29.5 Å². The molecule has 1 aliphatic rings. The summed E-state index contributed by atoms with van der Waals surface area (Å²) in [5, 5.41) is 23.7. The minimum atomic E-state index is -0.520. The monoisotopic (exact) mass is 522 g/mol. The third-order valence-electron chi connectivity index (χ3n) is 6.54. The molecule has 0 unspecified atom stereocenters. The summed E-state index contributed by atoms with van der Waals surface area (Å²) in [6.45, 7) is 2.36. The lowest BCUT2D eigenvalue weighted by molar-refractivity contribution is 0.0652. The van der Waals surface area contributed by atoms with Crippen molar-refractivity contribution in [1.82, 2.24) is 4.90 Å². The number of nitrogens with one attached hydrogen (secondary N) is 1. The number of hydrogen-bond donors (Lipinski definition) is 2. The van der Waals surface area contributed by atoms with Crippen LogP contribution in [0.2, 0.25) is 0 Å². The van der Waals surface area contributed by atoms with Gasteiger partial charge in [0.1, 0.15) is 11.4 Å². The molecule has 0 spiro atoms. The van der Waals surface area contributed by atoms with Gasteiger partial charge < -0.3 is 15.2 Å². The summed E-state index contributed by atoms with van der Waals surface area (Å²) in [7, 11) is 1.55. The van der Waals surface area contributed by atoms with Crippen LogP contribution in [-0.4, -0.2) is 41.4 Å². The molecule has 9 nitrogen and oxygen atoms in total. The molecule has 196 valence electrons. The number of ether oxygens (including phenoxy) is 1. The molecular weight excluding hydrogens is 496 g/mol. The molecule has 3 amide bonds. The number of unbranched alkanes of at least 4 members (excludes halogenated alkanes) is 1. The van der Waals surface area contributed by atoms with E-state index in [-0.39, 0.29) is 34.4 Å². The third-order valence-corrected chi connectivity index (χ3v) is 6.54. The predicted octanol–water partition coefficient (Wildman–Crippen LogP) is 6.62. The van der Waals surface area contributed by atoms with Crippen molar-refractivity contribution >= 4 is 45.6 Å². The Morgan fingerprint density at radius 2 is 1.69 bits per heavy atom. The molecule has 1 aliphatic heterocycles. The molecule has 0 bridgehead atoms. The van der Waals surface area contributed by atoms with E-state index in [0.717, 1.165) is 12.8 Å². The van der Waals surface area contributed by atoms with Crippen LogP contribution in [0, 0.1) is 0 Å². The highest BCUT2D eigenvalue weighted by Gasteiger charge is 2.35. The SMILES string of the molecule is CCCCN1C(=O)c2ccc(N=Nc3c(O)c(C(=O)Nc4ccc(OC)cc4)cc4ccccc34)cc2C1=O. The minimum absolute atomic E-state index is 0.0276. The molecule has 39 heavy (non-hydrogen) atoms. The number of phenolic OH excluding ortho intramolecular Hbond substituents is 1. The molecule has 4 aromatic rings. The Morgan fingerprint density at radius 3 is 2.44 bits per heavy atom. The Bertz CT molecular complexity index is 1630. The Morgan fingerprint density at radius 1 is 0.949 bits per heavy atom. The molecule has 0 fully saturated rings. The summed E-state index contributed by atoms with van der Waals surface area (Å²) < 4.78 is 5.15. The first-order valence-electron chi connectivity index (χ1n) is 12.5. The molecule has 4 aromatic carbocycles. The molecule has 0 aromatic heterocycles. The van der Waals surface area contributed by atoms with Gasteiger partial charge in [0, 0.05) is 17.6 Å². The molecule has 0 atom stereocenters. The fourth-order valence-corrected chi connectivity index (χ4v) is 4.43. The number of anilines is 1. The minimum Gasteiger partial charge on any atom is -0.505 e. The Kier molecular flexibility index (Phi) is 7.05. The van der Waals surface area contributed by atoms with E-state index in [1.165, 1.54) is 11.0 Å². The molecule has 1 heterocycles. The van der Waals surface area contributed by atoms with Crippen LogP contribution in [0.15, 0.2) is 83.0 Å². The van der Waals surface area contributed by atoms with Crippen molar-refractivity contribution in [2.45, 2.75) is 19.8 Å². The summed E-state index contributed by atoms with van der Waals surface area (Å²) in [6.07, 6.45) is 1.59. The van der Waals surface area contributed by atoms with E-state index in [4.69, 9.17) is 4.74 Å². The highest BCUT2D eigenvalue weighted by molar-refractivity contribution is 6.21. The number of phenols is 1. The zero-order valence-corrected chi connectivity index (χ0v) is 21.5. The van der Waals surface area contributed by atoms with Crippen molar-refractivity contribution in [2.75, 3.05) is 19.0 Å². The Hall–Kier alpha value is -5.05. The number of amides is 3. The van der Waals surface area contributed by atoms with E-state index in [1.807, 2.05) is 19.1 Å². The van der Waals surface area contributed by atoms with Crippen LogP contribution in [0.1, 0.15) is 50.8 Å². The summed E-state index contributed by atoms with van der Waals surface area (Å²) in [5.74, 6) is -0.872. The number of carbonyl (C=O) groups is 3. The number of carbonyl (C=O) groups excluding carboxylic acids is 3. The molecule has 9 heteroatoms. The number of azo groups is 1. The van der Waals surface area contributed by atoms with Gasteiger partial charge in [0.15, 0.2) is 5.75 Å². The fraction of sp³-hybridized carbons (Fsp3) is 0.167. The van der Waals surface area contributed by atoms with Gasteiger partial charge in [-0.2, -0.15) is 5.11 Å². The molecular formula is C30H26N4O5. The second-order valence-electron chi connectivity index (χ2n) is 9.07. The Labute approximate surface area is 224 Å². The topological polar surface area (TPSA) is 121 Å². The maximum Gasteiger partial charge on any atom is 0.261 e. The number of fused-ring (bicyclic) bond motifs is 2. The molecule has 0 radical (unpaired) electrons. The number of imide groups is 1. The van der Waals surface area contributed by atoms with Crippen molar-refractivity contribution in [3.05, 3.63) is 89.5 Å². The maximum atomic E-state index is 13.1. The molecule has 0 aliphatic carbocycles. The first-order valence-corrected chi connectivity index (χ1v) is 12.5. The average Bonchev–Trinajstić information content (AvgIpc) is 3.19. The first-order chi connectivity index (χ1) is 18.9. The number of benzene rings is 4. The van der Waals surface area contributed by atoms with Gasteiger partial charge in [-0.25, -0.2) is 0 Å². The van der Waals surface area contributed by atoms with Gasteiger partial charge in [0.2, 0.25) is 0 Å². The zero-order chi connectivity index (χ0) is 27.5. The van der Waals surface area contributed by atoms with Crippen LogP contribution in [-0.2, 0) is 0 Å². The van der Waals surface area contributed by atoms with Crippen LogP contribution < -0.4 is 10.1 Å². The van der Waals surface area contributed by atoms with Gasteiger partial charge in [-0.05, 0) is 60.3 Å². The summed E-state index contributed by atoms with van der Waals surface area (Å²) in [5.41, 5.74) is 1.61. The van der Waals surface area contributed by atoms with E-state index < -0.39 is 5.91 Å². The van der Waals surface area contributed by atoms with E-state index >= 15 is 0 Å². The van der Waals surface area contributed by atoms with Crippen molar-refractivity contribution in [2.24, 2.45) is 10.2 Å². The summed E-state index contributed by atoms with van der Waals surface area (Å²) >= 11 is 0. The molecule has 0 saturated heterocycles. The Balaban J connectivity index is 1.48. The molecule has 0 saturated carbocycles. The number of rotatable bonds is 8. The third kappa shape index (κ3) is 4.94. The number of aromatic hydroxyl groups is 1. The van der Waals surface area contributed by atoms with Gasteiger partial charge in [-0.1, -0.05) is 37.6 Å². The number of methoxy groups -OCH3 is 1. The average molecular weight is 523 g/mol. The first kappa shape index (κ1) is 25.6. The number of nitrogens with zero attached hydrogens (tertiary/aromatic N) is 3. The van der Waals surface area contributed by atoms with E-state index in [0.29, 0.717) is 40.0 Å². The smallest absolute Gasteiger partial charge is 0.261 e. The van der Waals surface area contributed by atoms with Gasteiger partial charge in [-0.3, -0.25) is 19.3 Å². The summed E-state index contributed by atoms with van der Waals surface area (Å²) in [6, 6.07) is 20.3.